The number of rotatable bonds is 8. The lowest BCUT2D eigenvalue weighted by Gasteiger charge is -2.28. The van der Waals surface area contributed by atoms with E-state index in [1.807, 2.05) is 12.4 Å². The summed E-state index contributed by atoms with van der Waals surface area (Å²) in [6, 6.07) is 9.03. The molecule has 1 fully saturated rings. The van der Waals surface area contributed by atoms with Gasteiger partial charge in [0.1, 0.15) is 0 Å². The lowest BCUT2D eigenvalue weighted by molar-refractivity contribution is 0.304. The maximum absolute atomic E-state index is 4.57. The molecule has 1 saturated carbocycles. The van der Waals surface area contributed by atoms with Crippen LogP contribution in [-0.2, 0) is 6.42 Å². The predicted octanol–water partition coefficient (Wildman–Crippen LogP) is 6.95. The van der Waals surface area contributed by atoms with Crippen LogP contribution in [0.15, 0.2) is 36.7 Å². The van der Waals surface area contributed by atoms with Crippen molar-refractivity contribution in [2.45, 2.75) is 84.0 Å². The Morgan fingerprint density at radius 3 is 2.12 bits per heavy atom. The lowest BCUT2D eigenvalue weighted by atomic mass is 9.77. The Labute approximate surface area is 159 Å². The summed E-state index contributed by atoms with van der Waals surface area (Å²) in [6.07, 6.45) is 17.2. The van der Waals surface area contributed by atoms with E-state index in [2.05, 4.69) is 48.1 Å². The average Bonchev–Trinajstić information content (AvgIpc) is 2.72. The maximum atomic E-state index is 4.57. The van der Waals surface area contributed by atoms with E-state index >= 15 is 0 Å². The van der Waals surface area contributed by atoms with Crippen molar-refractivity contribution in [2.24, 2.45) is 5.92 Å². The van der Waals surface area contributed by atoms with Crippen molar-refractivity contribution in [3.8, 4) is 11.4 Å². The molecule has 3 rings (SSSR count). The third-order valence-corrected chi connectivity index (χ3v) is 5.98. The Bertz CT molecular complexity index is 637. The summed E-state index contributed by atoms with van der Waals surface area (Å²) in [5.41, 5.74) is 3.88. The number of hydrogen-bond donors (Lipinski definition) is 0. The van der Waals surface area contributed by atoms with Crippen molar-refractivity contribution in [3.05, 3.63) is 47.8 Å². The average molecular weight is 351 g/mol. The van der Waals surface area contributed by atoms with Crippen molar-refractivity contribution in [1.29, 1.82) is 0 Å². The Morgan fingerprint density at radius 1 is 0.846 bits per heavy atom. The van der Waals surface area contributed by atoms with Gasteiger partial charge < -0.3 is 0 Å². The minimum Gasteiger partial charge on any atom is -0.236 e. The molecule has 2 heteroatoms. The molecule has 0 saturated heterocycles. The van der Waals surface area contributed by atoms with Gasteiger partial charge in [0.05, 0.1) is 0 Å². The van der Waals surface area contributed by atoms with Crippen molar-refractivity contribution >= 4 is 0 Å². The van der Waals surface area contributed by atoms with Crippen LogP contribution < -0.4 is 0 Å². The summed E-state index contributed by atoms with van der Waals surface area (Å²) < 4.78 is 0. The van der Waals surface area contributed by atoms with Crippen LogP contribution >= 0.6 is 0 Å². The number of hydrogen-bond acceptors (Lipinski definition) is 2. The van der Waals surface area contributed by atoms with E-state index < -0.39 is 0 Å². The van der Waals surface area contributed by atoms with Crippen LogP contribution in [0.5, 0.6) is 0 Å². The number of aromatic nitrogens is 2. The van der Waals surface area contributed by atoms with E-state index in [9.17, 15) is 0 Å². The minimum atomic E-state index is 0.749. The predicted molar refractivity (Wildman–Crippen MR) is 110 cm³/mol. The van der Waals surface area contributed by atoms with E-state index in [1.165, 1.54) is 68.9 Å². The molecule has 1 heterocycles. The molecule has 2 nitrogen and oxygen atoms in total. The van der Waals surface area contributed by atoms with Crippen LogP contribution in [0.25, 0.3) is 11.4 Å². The summed E-state index contributed by atoms with van der Waals surface area (Å²) in [7, 11) is 0. The molecular weight excluding hydrogens is 316 g/mol. The SMILES string of the molecule is CCCCc1cnc(-c2ccc(C3CCC(CCCC)CC3)cc2)nc1. The van der Waals surface area contributed by atoms with Crippen LogP contribution in [0.2, 0.25) is 0 Å². The molecule has 0 spiro atoms. The van der Waals surface area contributed by atoms with Gasteiger partial charge in [-0.3, -0.25) is 0 Å². The highest BCUT2D eigenvalue weighted by Crippen LogP contribution is 2.38. The molecule has 26 heavy (non-hydrogen) atoms. The fourth-order valence-corrected chi connectivity index (χ4v) is 4.20. The van der Waals surface area contributed by atoms with Gasteiger partial charge in [-0.05, 0) is 61.5 Å². The first-order valence-electron chi connectivity index (χ1n) is 10.7. The van der Waals surface area contributed by atoms with Crippen molar-refractivity contribution < 1.29 is 0 Å². The smallest absolute Gasteiger partial charge is 0.159 e. The minimum absolute atomic E-state index is 0.749. The first-order valence-corrected chi connectivity index (χ1v) is 10.7. The van der Waals surface area contributed by atoms with Gasteiger partial charge in [0, 0.05) is 18.0 Å². The molecule has 140 valence electrons. The zero-order valence-electron chi connectivity index (χ0n) is 16.6. The molecule has 1 aliphatic rings. The van der Waals surface area contributed by atoms with Crippen LogP contribution in [0.1, 0.15) is 88.7 Å². The summed E-state index contributed by atoms with van der Waals surface area (Å²) >= 11 is 0. The van der Waals surface area contributed by atoms with Crippen molar-refractivity contribution in [3.63, 3.8) is 0 Å². The Morgan fingerprint density at radius 2 is 1.50 bits per heavy atom. The second-order valence-corrected chi connectivity index (χ2v) is 8.00. The molecule has 0 radical (unpaired) electrons. The van der Waals surface area contributed by atoms with Gasteiger partial charge in [0.2, 0.25) is 0 Å². The molecule has 0 unspecified atom stereocenters. The molecule has 0 amide bonds. The highest BCUT2D eigenvalue weighted by Gasteiger charge is 2.22. The van der Waals surface area contributed by atoms with Crippen LogP contribution in [0.4, 0.5) is 0 Å². The zero-order chi connectivity index (χ0) is 18.2. The van der Waals surface area contributed by atoms with Crippen LogP contribution in [0, 0.1) is 5.92 Å². The first kappa shape index (κ1) is 19.1. The van der Waals surface area contributed by atoms with E-state index in [4.69, 9.17) is 0 Å². The number of aryl methyl sites for hydroxylation is 1. The van der Waals surface area contributed by atoms with Gasteiger partial charge in [-0.15, -0.1) is 0 Å². The molecule has 1 aromatic heterocycles. The van der Waals surface area contributed by atoms with Gasteiger partial charge in [-0.2, -0.15) is 0 Å². The lowest BCUT2D eigenvalue weighted by Crippen LogP contribution is -2.13. The maximum Gasteiger partial charge on any atom is 0.159 e. The standard InChI is InChI=1S/C24H34N2/c1-3-5-7-19-9-11-21(12-10-19)22-13-15-23(16-14-22)24-25-17-20(18-26-24)8-6-4-2/h13-19,21H,3-12H2,1-2H3. The first-order chi connectivity index (χ1) is 12.8. The number of nitrogens with zero attached hydrogens (tertiary/aromatic N) is 2. The van der Waals surface area contributed by atoms with Crippen LogP contribution in [-0.4, -0.2) is 9.97 Å². The normalized spacial score (nSPS) is 20.2. The van der Waals surface area contributed by atoms with Gasteiger partial charge in [-0.25, -0.2) is 9.97 Å². The molecule has 0 bridgehead atoms. The van der Waals surface area contributed by atoms with Crippen molar-refractivity contribution in [1.82, 2.24) is 9.97 Å². The van der Waals surface area contributed by atoms with E-state index in [-0.39, 0.29) is 0 Å². The molecule has 1 aromatic carbocycles. The quantitative estimate of drug-likeness (QED) is 0.515. The molecule has 0 aliphatic heterocycles. The monoisotopic (exact) mass is 350 g/mol. The molecular formula is C24H34N2. The van der Waals surface area contributed by atoms with E-state index in [0.29, 0.717) is 0 Å². The molecule has 1 aliphatic carbocycles. The summed E-state index contributed by atoms with van der Waals surface area (Å²) in [6.45, 7) is 4.52. The number of unbranched alkanes of at least 4 members (excludes halogenated alkanes) is 2. The van der Waals surface area contributed by atoms with Crippen molar-refractivity contribution in [2.75, 3.05) is 0 Å². The van der Waals surface area contributed by atoms with E-state index in [1.54, 1.807) is 0 Å². The largest absolute Gasteiger partial charge is 0.236 e. The van der Waals surface area contributed by atoms with Gasteiger partial charge >= 0.3 is 0 Å². The number of benzene rings is 1. The Balaban J connectivity index is 1.57. The Kier molecular flexibility index (Phi) is 7.22. The van der Waals surface area contributed by atoms with Gasteiger partial charge in [0.25, 0.3) is 0 Å². The molecule has 2 aromatic rings. The van der Waals surface area contributed by atoms with Gasteiger partial charge in [0.15, 0.2) is 5.82 Å². The second kappa shape index (κ2) is 9.85. The topological polar surface area (TPSA) is 25.8 Å². The zero-order valence-corrected chi connectivity index (χ0v) is 16.6. The second-order valence-electron chi connectivity index (χ2n) is 8.00. The van der Waals surface area contributed by atoms with Crippen LogP contribution in [0.3, 0.4) is 0 Å². The molecule has 0 N–H and O–H groups in total. The highest BCUT2D eigenvalue weighted by atomic mass is 14.9. The fourth-order valence-electron chi connectivity index (χ4n) is 4.20. The summed E-state index contributed by atoms with van der Waals surface area (Å²) in [4.78, 5) is 9.14. The van der Waals surface area contributed by atoms with E-state index in [0.717, 1.165) is 29.6 Å². The third kappa shape index (κ3) is 5.16. The highest BCUT2D eigenvalue weighted by molar-refractivity contribution is 5.55. The van der Waals surface area contributed by atoms with Gasteiger partial charge in [-0.1, -0.05) is 63.8 Å². The summed E-state index contributed by atoms with van der Waals surface area (Å²) in [5, 5.41) is 0. The fraction of sp³-hybridized carbons (Fsp3) is 0.583. The summed E-state index contributed by atoms with van der Waals surface area (Å²) in [5.74, 6) is 2.57. The Hall–Kier alpha value is -1.70. The molecule has 0 atom stereocenters. The third-order valence-electron chi connectivity index (χ3n) is 5.98.